The van der Waals surface area contributed by atoms with E-state index in [4.69, 9.17) is 5.73 Å². The zero-order valence-corrected chi connectivity index (χ0v) is 10.9. The molecule has 0 fully saturated rings. The van der Waals surface area contributed by atoms with E-state index in [0.29, 0.717) is 12.6 Å². The molecule has 0 aliphatic carbocycles. The van der Waals surface area contributed by atoms with E-state index in [1.54, 1.807) is 11.3 Å². The average molecular weight is 227 g/mol. The number of nitrogens with two attached hydrogens (primary N) is 1. The molecule has 0 bridgehead atoms. The van der Waals surface area contributed by atoms with Gasteiger partial charge in [-0.15, -0.1) is 11.3 Å². The topological polar surface area (TPSA) is 42.2 Å². The molecule has 0 amide bonds. The molecule has 0 spiro atoms. The maximum atomic E-state index is 5.67. The van der Waals surface area contributed by atoms with Gasteiger partial charge in [0.25, 0.3) is 0 Å². The first kappa shape index (κ1) is 12.5. The van der Waals surface area contributed by atoms with Gasteiger partial charge in [-0.05, 0) is 27.2 Å². The monoisotopic (exact) mass is 227 g/mol. The molecule has 0 aromatic carbocycles. The third-order valence-corrected chi connectivity index (χ3v) is 3.62. The fraction of sp³-hybridized carbons (Fsp3) is 0.727. The van der Waals surface area contributed by atoms with E-state index in [2.05, 4.69) is 30.7 Å². The standard InChI is InChI=1S/C11H21N3S/c1-5-6-14(8(2)3)11-13-9(4)10(7-12)15-11/h8H,5-7,12H2,1-4H3. The molecule has 0 atom stereocenters. The maximum Gasteiger partial charge on any atom is 0.186 e. The van der Waals surface area contributed by atoms with E-state index in [1.165, 1.54) is 4.88 Å². The van der Waals surface area contributed by atoms with Crippen LogP contribution < -0.4 is 10.6 Å². The second-order valence-electron chi connectivity index (χ2n) is 4.00. The molecular weight excluding hydrogens is 206 g/mol. The zero-order valence-electron chi connectivity index (χ0n) is 10.1. The molecule has 0 unspecified atom stereocenters. The first-order chi connectivity index (χ1) is 7.10. The largest absolute Gasteiger partial charge is 0.346 e. The Labute approximate surface area is 96.3 Å². The lowest BCUT2D eigenvalue weighted by atomic mass is 10.3. The first-order valence-corrected chi connectivity index (χ1v) is 6.34. The number of nitrogens with zero attached hydrogens (tertiary/aromatic N) is 2. The van der Waals surface area contributed by atoms with E-state index >= 15 is 0 Å². The van der Waals surface area contributed by atoms with Crippen LogP contribution in [0.25, 0.3) is 0 Å². The van der Waals surface area contributed by atoms with Gasteiger partial charge >= 0.3 is 0 Å². The molecule has 0 radical (unpaired) electrons. The highest BCUT2D eigenvalue weighted by Crippen LogP contribution is 2.27. The zero-order chi connectivity index (χ0) is 11.4. The van der Waals surface area contributed by atoms with Gasteiger partial charge in [0.2, 0.25) is 0 Å². The highest BCUT2D eigenvalue weighted by molar-refractivity contribution is 7.15. The van der Waals surface area contributed by atoms with Gasteiger partial charge in [0.1, 0.15) is 0 Å². The molecule has 0 aliphatic heterocycles. The van der Waals surface area contributed by atoms with Crippen molar-refractivity contribution in [3.05, 3.63) is 10.6 Å². The summed E-state index contributed by atoms with van der Waals surface area (Å²) in [4.78, 5) is 8.13. The number of thiazole rings is 1. The summed E-state index contributed by atoms with van der Waals surface area (Å²) in [5.74, 6) is 0. The molecule has 15 heavy (non-hydrogen) atoms. The second kappa shape index (κ2) is 5.47. The van der Waals surface area contributed by atoms with E-state index < -0.39 is 0 Å². The van der Waals surface area contributed by atoms with Crippen LogP contribution >= 0.6 is 11.3 Å². The molecule has 1 aromatic rings. The van der Waals surface area contributed by atoms with Crippen molar-refractivity contribution in [3.8, 4) is 0 Å². The highest BCUT2D eigenvalue weighted by Gasteiger charge is 2.15. The quantitative estimate of drug-likeness (QED) is 0.840. The van der Waals surface area contributed by atoms with Gasteiger partial charge in [-0.25, -0.2) is 4.98 Å². The number of rotatable bonds is 5. The van der Waals surface area contributed by atoms with Crippen LogP contribution in [0.15, 0.2) is 0 Å². The van der Waals surface area contributed by atoms with Crippen molar-refractivity contribution < 1.29 is 0 Å². The van der Waals surface area contributed by atoms with Crippen molar-refractivity contribution in [1.29, 1.82) is 0 Å². The molecule has 0 aliphatic rings. The van der Waals surface area contributed by atoms with Crippen LogP contribution in [0, 0.1) is 6.92 Å². The van der Waals surface area contributed by atoms with E-state index in [1.807, 2.05) is 6.92 Å². The predicted octanol–water partition coefficient (Wildman–Crippen LogP) is 2.54. The van der Waals surface area contributed by atoms with Crippen molar-refractivity contribution in [2.75, 3.05) is 11.4 Å². The average Bonchev–Trinajstić information content (AvgIpc) is 2.55. The molecular formula is C11H21N3S. The Bertz CT molecular complexity index is 307. The fourth-order valence-corrected chi connectivity index (χ4v) is 2.64. The smallest absolute Gasteiger partial charge is 0.186 e. The van der Waals surface area contributed by atoms with Crippen molar-refractivity contribution in [2.24, 2.45) is 5.73 Å². The molecule has 1 rings (SSSR count). The summed E-state index contributed by atoms with van der Waals surface area (Å²) < 4.78 is 0. The number of hydrogen-bond acceptors (Lipinski definition) is 4. The van der Waals surface area contributed by atoms with Crippen LogP contribution in [-0.2, 0) is 6.54 Å². The van der Waals surface area contributed by atoms with Crippen LogP contribution in [0.1, 0.15) is 37.8 Å². The maximum absolute atomic E-state index is 5.67. The van der Waals surface area contributed by atoms with Crippen LogP contribution in [0.2, 0.25) is 0 Å². The van der Waals surface area contributed by atoms with Gasteiger partial charge in [0.05, 0.1) is 5.69 Å². The number of aromatic nitrogens is 1. The summed E-state index contributed by atoms with van der Waals surface area (Å²) in [6.07, 6.45) is 1.15. The lowest BCUT2D eigenvalue weighted by Crippen LogP contribution is -2.31. The van der Waals surface area contributed by atoms with Gasteiger partial charge in [-0.2, -0.15) is 0 Å². The first-order valence-electron chi connectivity index (χ1n) is 5.53. The summed E-state index contributed by atoms with van der Waals surface area (Å²) in [6.45, 7) is 10.3. The van der Waals surface area contributed by atoms with Gasteiger partial charge in [0, 0.05) is 24.0 Å². The van der Waals surface area contributed by atoms with Crippen LogP contribution in [0.5, 0.6) is 0 Å². The minimum Gasteiger partial charge on any atom is -0.346 e. The van der Waals surface area contributed by atoms with E-state index in [0.717, 1.165) is 23.8 Å². The Hall–Kier alpha value is -0.610. The molecule has 1 heterocycles. The van der Waals surface area contributed by atoms with Crippen LogP contribution in [0.3, 0.4) is 0 Å². The molecule has 0 saturated carbocycles. The third-order valence-electron chi connectivity index (χ3n) is 2.40. The molecule has 2 N–H and O–H groups in total. The van der Waals surface area contributed by atoms with Crippen molar-refractivity contribution in [3.63, 3.8) is 0 Å². The summed E-state index contributed by atoms with van der Waals surface area (Å²) in [6, 6.07) is 0.501. The molecule has 1 aromatic heterocycles. The lowest BCUT2D eigenvalue weighted by Gasteiger charge is -2.25. The Morgan fingerprint density at radius 2 is 2.13 bits per heavy atom. The minimum absolute atomic E-state index is 0.501. The number of anilines is 1. The SMILES string of the molecule is CCCN(c1nc(C)c(CN)s1)C(C)C. The van der Waals surface area contributed by atoms with Gasteiger partial charge in [-0.1, -0.05) is 6.92 Å². The van der Waals surface area contributed by atoms with Gasteiger partial charge in [-0.3, -0.25) is 0 Å². The predicted molar refractivity (Wildman–Crippen MR) is 67.5 cm³/mol. The second-order valence-corrected chi connectivity index (χ2v) is 5.06. The van der Waals surface area contributed by atoms with E-state index in [9.17, 15) is 0 Å². The Morgan fingerprint density at radius 3 is 2.53 bits per heavy atom. The number of hydrogen-bond donors (Lipinski definition) is 1. The van der Waals surface area contributed by atoms with Crippen molar-refractivity contribution >= 4 is 16.5 Å². The van der Waals surface area contributed by atoms with Crippen molar-refractivity contribution in [1.82, 2.24) is 4.98 Å². The third kappa shape index (κ3) is 2.92. The summed E-state index contributed by atoms with van der Waals surface area (Å²) >= 11 is 1.73. The Morgan fingerprint density at radius 1 is 1.47 bits per heavy atom. The highest BCUT2D eigenvalue weighted by atomic mass is 32.1. The van der Waals surface area contributed by atoms with Crippen LogP contribution in [0.4, 0.5) is 5.13 Å². The van der Waals surface area contributed by atoms with Crippen molar-refractivity contribution in [2.45, 2.75) is 46.7 Å². The van der Waals surface area contributed by atoms with E-state index in [-0.39, 0.29) is 0 Å². The van der Waals surface area contributed by atoms with Gasteiger partial charge in [0.15, 0.2) is 5.13 Å². The molecule has 0 saturated heterocycles. The summed E-state index contributed by atoms with van der Waals surface area (Å²) in [5, 5.41) is 1.12. The fourth-order valence-electron chi connectivity index (χ4n) is 1.54. The summed E-state index contributed by atoms with van der Waals surface area (Å²) in [7, 11) is 0. The summed E-state index contributed by atoms with van der Waals surface area (Å²) in [5.41, 5.74) is 6.75. The number of aryl methyl sites for hydroxylation is 1. The normalized spacial score (nSPS) is 11.1. The minimum atomic E-state index is 0.501. The lowest BCUT2D eigenvalue weighted by molar-refractivity contribution is 0.668. The Balaban J connectivity index is 2.90. The Kier molecular flexibility index (Phi) is 4.54. The molecule has 3 nitrogen and oxygen atoms in total. The molecule has 4 heteroatoms. The molecule has 86 valence electrons. The van der Waals surface area contributed by atoms with Gasteiger partial charge < -0.3 is 10.6 Å². The van der Waals surface area contributed by atoms with Crippen LogP contribution in [-0.4, -0.2) is 17.6 Å².